The number of anilines is 2. The van der Waals surface area contributed by atoms with Gasteiger partial charge in [0.25, 0.3) is 5.91 Å². The predicted octanol–water partition coefficient (Wildman–Crippen LogP) is 7.41. The van der Waals surface area contributed by atoms with E-state index in [-0.39, 0.29) is 10.6 Å². The summed E-state index contributed by atoms with van der Waals surface area (Å²) in [5.41, 5.74) is 2.30. The Hall–Kier alpha value is -2.48. The highest BCUT2D eigenvalue weighted by Gasteiger charge is 2.67. The van der Waals surface area contributed by atoms with E-state index in [0.717, 1.165) is 0 Å². The van der Waals surface area contributed by atoms with Gasteiger partial charge in [0.1, 0.15) is 11.4 Å². The van der Waals surface area contributed by atoms with Crippen LogP contribution in [0.3, 0.4) is 0 Å². The van der Waals surface area contributed by atoms with E-state index in [1.807, 2.05) is 0 Å². The minimum absolute atomic E-state index is 0.157. The van der Waals surface area contributed by atoms with Crippen molar-refractivity contribution in [2.45, 2.75) is 10.3 Å². The lowest BCUT2D eigenvalue weighted by Gasteiger charge is -2.11. The number of nitrogens with one attached hydrogen (secondary N) is 2. The molecule has 4 rings (SSSR count). The molecule has 0 bridgehead atoms. The first-order valence-electron chi connectivity index (χ1n) is 10.5. The molecule has 1 aliphatic rings. The SMILES string of the molecule is CO/N=C/c1ccccc1NC(=O)c1cc(NC(=O)C2C(c3cc(Cl)cc(Cl)c3)C2(Cl)Cl)ccc1Cl. The molecule has 0 saturated heterocycles. The summed E-state index contributed by atoms with van der Waals surface area (Å²) in [5, 5.41) is 10.3. The molecule has 1 fully saturated rings. The van der Waals surface area contributed by atoms with Crippen LogP contribution < -0.4 is 10.6 Å². The minimum Gasteiger partial charge on any atom is -0.399 e. The highest BCUT2D eigenvalue weighted by atomic mass is 35.5. The van der Waals surface area contributed by atoms with Gasteiger partial charge in [-0.1, -0.05) is 58.2 Å². The molecule has 3 aromatic rings. The molecule has 186 valence electrons. The molecule has 36 heavy (non-hydrogen) atoms. The standard InChI is InChI=1S/C25H18Cl5N3O3/c1-36-31-12-13-4-2-3-5-20(13)33-23(34)18-11-17(6-7-19(18)28)32-24(35)22-21(25(22,29)30)14-8-15(26)10-16(27)9-14/h2-12,21-22H,1H3,(H,32,35)(H,33,34)/b31-12+. The molecule has 1 saturated carbocycles. The summed E-state index contributed by atoms with van der Waals surface area (Å²) < 4.78 is -1.34. The van der Waals surface area contributed by atoms with Gasteiger partial charge in [0.05, 0.1) is 22.7 Å². The van der Waals surface area contributed by atoms with Gasteiger partial charge in [0.2, 0.25) is 5.91 Å². The van der Waals surface area contributed by atoms with Crippen molar-refractivity contribution < 1.29 is 14.4 Å². The fourth-order valence-electron chi connectivity index (χ4n) is 3.84. The smallest absolute Gasteiger partial charge is 0.257 e. The fourth-order valence-corrected chi connectivity index (χ4v) is 5.42. The topological polar surface area (TPSA) is 79.8 Å². The van der Waals surface area contributed by atoms with Crippen LogP contribution in [0.5, 0.6) is 0 Å². The van der Waals surface area contributed by atoms with Gasteiger partial charge in [-0.15, -0.1) is 23.2 Å². The molecule has 3 aromatic carbocycles. The number of carbonyl (C=O) groups excluding carboxylic acids is 2. The molecular formula is C25H18Cl5N3O3. The van der Waals surface area contributed by atoms with Crippen molar-refractivity contribution in [1.29, 1.82) is 0 Å². The number of halogens is 5. The van der Waals surface area contributed by atoms with Crippen molar-refractivity contribution in [3.05, 3.63) is 92.4 Å². The number of para-hydroxylation sites is 1. The van der Waals surface area contributed by atoms with E-state index in [1.165, 1.54) is 25.5 Å². The predicted molar refractivity (Wildman–Crippen MR) is 146 cm³/mol. The number of amides is 2. The zero-order valence-corrected chi connectivity index (χ0v) is 22.3. The van der Waals surface area contributed by atoms with Crippen molar-refractivity contribution in [2.24, 2.45) is 11.1 Å². The Morgan fingerprint density at radius 2 is 1.67 bits per heavy atom. The van der Waals surface area contributed by atoms with Crippen LogP contribution >= 0.6 is 58.0 Å². The van der Waals surface area contributed by atoms with Crippen LogP contribution in [0, 0.1) is 5.92 Å². The van der Waals surface area contributed by atoms with Crippen LogP contribution in [0.2, 0.25) is 15.1 Å². The molecule has 0 radical (unpaired) electrons. The van der Waals surface area contributed by atoms with Crippen molar-refractivity contribution in [1.82, 2.24) is 0 Å². The van der Waals surface area contributed by atoms with E-state index >= 15 is 0 Å². The van der Waals surface area contributed by atoms with E-state index in [9.17, 15) is 9.59 Å². The van der Waals surface area contributed by atoms with Crippen molar-refractivity contribution in [3.8, 4) is 0 Å². The Bertz CT molecular complexity index is 1340. The van der Waals surface area contributed by atoms with E-state index in [0.29, 0.717) is 32.5 Å². The molecule has 0 spiro atoms. The normalized spacial score (nSPS) is 18.1. The van der Waals surface area contributed by atoms with Crippen LogP contribution in [0.25, 0.3) is 0 Å². The lowest BCUT2D eigenvalue weighted by atomic mass is 10.1. The number of oxime groups is 1. The van der Waals surface area contributed by atoms with E-state index in [1.54, 1.807) is 48.5 Å². The van der Waals surface area contributed by atoms with Gasteiger partial charge in [-0.05, 0) is 48.0 Å². The second kappa shape index (κ2) is 10.9. The van der Waals surface area contributed by atoms with Crippen LogP contribution in [-0.4, -0.2) is 29.5 Å². The van der Waals surface area contributed by atoms with Gasteiger partial charge in [-0.2, -0.15) is 0 Å². The highest BCUT2D eigenvalue weighted by Crippen LogP contribution is 2.65. The third-order valence-corrected chi connectivity index (χ3v) is 7.27. The Labute approximate surface area is 232 Å². The summed E-state index contributed by atoms with van der Waals surface area (Å²) in [6.07, 6.45) is 1.47. The number of benzene rings is 3. The second-order valence-electron chi connectivity index (χ2n) is 7.97. The summed E-state index contributed by atoms with van der Waals surface area (Å²) in [6.45, 7) is 0. The third-order valence-electron chi connectivity index (χ3n) is 5.56. The zero-order valence-electron chi connectivity index (χ0n) is 18.6. The van der Waals surface area contributed by atoms with E-state index < -0.39 is 28.0 Å². The first kappa shape index (κ1) is 26.6. The Morgan fingerprint density at radius 1 is 0.972 bits per heavy atom. The molecule has 11 heteroatoms. The second-order valence-corrected chi connectivity index (χ2v) is 10.7. The van der Waals surface area contributed by atoms with Gasteiger partial charge < -0.3 is 15.5 Å². The van der Waals surface area contributed by atoms with E-state index in [4.69, 9.17) is 62.8 Å². The maximum absolute atomic E-state index is 13.0. The monoisotopic (exact) mass is 583 g/mol. The molecule has 2 amide bonds. The molecule has 2 atom stereocenters. The molecular weight excluding hydrogens is 568 g/mol. The lowest BCUT2D eigenvalue weighted by molar-refractivity contribution is -0.117. The van der Waals surface area contributed by atoms with Crippen molar-refractivity contribution >= 4 is 87.4 Å². The van der Waals surface area contributed by atoms with Gasteiger partial charge >= 0.3 is 0 Å². The van der Waals surface area contributed by atoms with Crippen LogP contribution in [0.1, 0.15) is 27.4 Å². The third kappa shape index (κ3) is 5.74. The Balaban J connectivity index is 1.51. The first-order valence-corrected chi connectivity index (χ1v) is 12.4. The number of nitrogens with zero attached hydrogens (tertiary/aromatic N) is 1. The number of alkyl halides is 2. The molecule has 1 aliphatic carbocycles. The quantitative estimate of drug-likeness (QED) is 0.172. The summed E-state index contributed by atoms with van der Waals surface area (Å²) in [4.78, 5) is 30.8. The zero-order chi connectivity index (χ0) is 26.0. The van der Waals surface area contributed by atoms with Crippen LogP contribution in [-0.2, 0) is 9.63 Å². The van der Waals surface area contributed by atoms with Crippen molar-refractivity contribution in [3.63, 3.8) is 0 Å². The van der Waals surface area contributed by atoms with Gasteiger partial charge in [0.15, 0.2) is 0 Å². The van der Waals surface area contributed by atoms with Gasteiger partial charge in [0, 0.05) is 32.9 Å². The number of hydrogen-bond acceptors (Lipinski definition) is 4. The summed E-state index contributed by atoms with van der Waals surface area (Å²) in [5.74, 6) is -2.15. The lowest BCUT2D eigenvalue weighted by Crippen LogP contribution is -2.18. The Kier molecular flexibility index (Phi) is 8.03. The Morgan fingerprint density at radius 3 is 2.36 bits per heavy atom. The largest absolute Gasteiger partial charge is 0.399 e. The average Bonchev–Trinajstić information content (AvgIpc) is 3.41. The number of hydrogen-bond donors (Lipinski definition) is 2. The molecule has 2 N–H and O–H groups in total. The van der Waals surface area contributed by atoms with Crippen molar-refractivity contribution in [2.75, 3.05) is 17.7 Å². The maximum atomic E-state index is 13.0. The maximum Gasteiger partial charge on any atom is 0.257 e. The fraction of sp³-hybridized carbons (Fsp3) is 0.160. The average molecular weight is 586 g/mol. The summed E-state index contributed by atoms with van der Waals surface area (Å²) in [6, 6.07) is 16.5. The highest BCUT2D eigenvalue weighted by molar-refractivity contribution is 6.53. The minimum atomic E-state index is -1.34. The number of carbonyl (C=O) groups is 2. The molecule has 0 aromatic heterocycles. The number of rotatable bonds is 7. The van der Waals surface area contributed by atoms with Crippen LogP contribution in [0.15, 0.2) is 65.8 Å². The molecule has 2 unspecified atom stereocenters. The molecule has 0 heterocycles. The van der Waals surface area contributed by atoms with Gasteiger partial charge in [-0.3, -0.25) is 9.59 Å². The first-order chi connectivity index (χ1) is 17.1. The van der Waals surface area contributed by atoms with Gasteiger partial charge in [-0.25, -0.2) is 0 Å². The van der Waals surface area contributed by atoms with E-state index in [2.05, 4.69) is 15.8 Å². The summed E-state index contributed by atoms with van der Waals surface area (Å²) >= 11 is 31.3. The molecule has 6 nitrogen and oxygen atoms in total. The molecule has 0 aliphatic heterocycles. The van der Waals surface area contributed by atoms with Crippen LogP contribution in [0.4, 0.5) is 11.4 Å². The summed E-state index contributed by atoms with van der Waals surface area (Å²) in [7, 11) is 1.42.